The third kappa shape index (κ3) is 3.06. The monoisotopic (exact) mass is 345 g/mol. The van der Waals surface area contributed by atoms with Crippen molar-refractivity contribution in [2.45, 2.75) is 76.4 Å². The van der Waals surface area contributed by atoms with E-state index < -0.39 is 22.7 Å². The largest absolute Gasteiger partial charge is 0.444 e. The zero-order valence-corrected chi connectivity index (χ0v) is 15.4. The van der Waals surface area contributed by atoms with Gasteiger partial charge in [-0.3, -0.25) is 10.1 Å². The van der Waals surface area contributed by atoms with Crippen molar-refractivity contribution in [1.29, 1.82) is 0 Å². The van der Waals surface area contributed by atoms with Crippen LogP contribution in [0.3, 0.4) is 0 Å². The number of carbonyl (C=O) groups is 2. The van der Waals surface area contributed by atoms with Crippen LogP contribution in [0.2, 0.25) is 0 Å². The fourth-order valence-corrected chi connectivity index (χ4v) is 4.25. The minimum Gasteiger partial charge on any atom is -0.444 e. The molecule has 1 aromatic carbocycles. The second-order valence-electron chi connectivity index (χ2n) is 8.47. The lowest BCUT2D eigenvalue weighted by atomic mass is 9.55. The molecular formula is C20H27NO4. The Labute approximate surface area is 148 Å². The number of fused-ring (bicyclic) bond motifs is 3. The molecule has 0 bridgehead atoms. The van der Waals surface area contributed by atoms with Crippen molar-refractivity contribution in [3.05, 3.63) is 29.3 Å². The average Bonchev–Trinajstić information content (AvgIpc) is 2.48. The Bertz CT molecular complexity index is 721. The van der Waals surface area contributed by atoms with Crippen molar-refractivity contribution in [2.24, 2.45) is 0 Å². The second-order valence-corrected chi connectivity index (χ2v) is 8.47. The Morgan fingerprint density at radius 3 is 2.64 bits per heavy atom. The molecule has 2 aliphatic rings. The summed E-state index contributed by atoms with van der Waals surface area (Å²) in [7, 11) is 0. The molecule has 0 aliphatic heterocycles. The van der Waals surface area contributed by atoms with Crippen LogP contribution in [0.25, 0.3) is 0 Å². The molecule has 2 N–H and O–H groups in total. The number of amides is 1. The van der Waals surface area contributed by atoms with Gasteiger partial charge in [0.1, 0.15) is 11.2 Å². The van der Waals surface area contributed by atoms with Gasteiger partial charge >= 0.3 is 6.09 Å². The number of Topliss-reactive ketones (excluding diaryl/α,β-unsaturated/α-hetero) is 1. The van der Waals surface area contributed by atoms with Gasteiger partial charge in [0.2, 0.25) is 0 Å². The Kier molecular flexibility index (Phi) is 4.18. The topological polar surface area (TPSA) is 75.6 Å². The van der Waals surface area contributed by atoms with E-state index in [1.165, 1.54) is 0 Å². The molecular weight excluding hydrogens is 318 g/mol. The number of benzene rings is 1. The van der Waals surface area contributed by atoms with Gasteiger partial charge < -0.3 is 9.84 Å². The van der Waals surface area contributed by atoms with Crippen LogP contribution in [-0.4, -0.2) is 28.2 Å². The smallest absolute Gasteiger partial charge is 0.412 e. The van der Waals surface area contributed by atoms with Crippen LogP contribution >= 0.6 is 0 Å². The maximum absolute atomic E-state index is 12.4. The van der Waals surface area contributed by atoms with Crippen LogP contribution in [0.15, 0.2) is 18.2 Å². The van der Waals surface area contributed by atoms with Gasteiger partial charge in [0.15, 0.2) is 5.78 Å². The van der Waals surface area contributed by atoms with Gasteiger partial charge in [0, 0.05) is 17.5 Å². The number of carbonyl (C=O) groups excluding carboxylic acids is 2. The summed E-state index contributed by atoms with van der Waals surface area (Å²) in [5, 5.41) is 13.8. The Hall–Kier alpha value is -1.88. The summed E-state index contributed by atoms with van der Waals surface area (Å²) in [5.74, 6) is -0.0390. The number of hydrogen-bond acceptors (Lipinski definition) is 4. The van der Waals surface area contributed by atoms with E-state index in [-0.39, 0.29) is 5.78 Å². The molecule has 5 nitrogen and oxygen atoms in total. The predicted octanol–water partition coefficient (Wildman–Crippen LogP) is 3.72. The van der Waals surface area contributed by atoms with Crippen LogP contribution in [0.1, 0.15) is 64.5 Å². The predicted molar refractivity (Wildman–Crippen MR) is 95.8 cm³/mol. The first-order valence-electron chi connectivity index (χ1n) is 8.94. The third-order valence-corrected chi connectivity index (χ3v) is 5.56. The number of nitrogens with one attached hydrogen (secondary N) is 1. The molecule has 0 aromatic heterocycles. The summed E-state index contributed by atoms with van der Waals surface area (Å²) >= 11 is 0. The van der Waals surface area contributed by atoms with Gasteiger partial charge in [-0.1, -0.05) is 13.0 Å². The summed E-state index contributed by atoms with van der Waals surface area (Å²) in [6.45, 7) is 7.45. The maximum atomic E-state index is 12.4. The minimum absolute atomic E-state index is 0.0390. The van der Waals surface area contributed by atoms with Crippen molar-refractivity contribution in [3.63, 3.8) is 0 Å². The fraction of sp³-hybridized carbons (Fsp3) is 0.600. The number of aryl methyl sites for hydroxylation is 1. The number of hydrogen-bond donors (Lipinski definition) is 2. The van der Waals surface area contributed by atoms with Gasteiger partial charge in [-0.2, -0.15) is 0 Å². The minimum atomic E-state index is -1.27. The van der Waals surface area contributed by atoms with Crippen molar-refractivity contribution in [2.75, 3.05) is 5.32 Å². The first-order chi connectivity index (χ1) is 11.6. The first-order valence-corrected chi connectivity index (χ1v) is 8.94. The summed E-state index contributed by atoms with van der Waals surface area (Å²) in [6, 6.07) is 5.69. The number of rotatable bonds is 1. The molecule has 0 saturated heterocycles. The number of aliphatic hydroxyl groups is 1. The lowest BCUT2D eigenvalue weighted by Gasteiger charge is -2.51. The molecule has 3 rings (SSSR count). The highest BCUT2D eigenvalue weighted by atomic mass is 16.6. The van der Waals surface area contributed by atoms with Gasteiger partial charge in [0.05, 0.1) is 0 Å². The Morgan fingerprint density at radius 1 is 1.24 bits per heavy atom. The van der Waals surface area contributed by atoms with Crippen LogP contribution in [0, 0.1) is 0 Å². The first kappa shape index (κ1) is 17.9. The highest BCUT2D eigenvalue weighted by Crippen LogP contribution is 2.51. The Morgan fingerprint density at radius 2 is 1.96 bits per heavy atom. The molecule has 0 radical (unpaired) electrons. The highest BCUT2D eigenvalue weighted by molar-refractivity contribution is 5.91. The van der Waals surface area contributed by atoms with Gasteiger partial charge in [-0.15, -0.1) is 0 Å². The van der Waals surface area contributed by atoms with E-state index in [1.54, 1.807) is 0 Å². The summed E-state index contributed by atoms with van der Waals surface area (Å²) in [5.41, 5.74) is 0.396. The van der Waals surface area contributed by atoms with Crippen LogP contribution in [0.5, 0.6) is 0 Å². The van der Waals surface area contributed by atoms with E-state index in [9.17, 15) is 14.7 Å². The molecule has 136 valence electrons. The number of anilines is 1. The molecule has 0 unspecified atom stereocenters. The summed E-state index contributed by atoms with van der Waals surface area (Å²) in [4.78, 5) is 24.4. The van der Waals surface area contributed by atoms with E-state index in [0.29, 0.717) is 24.9 Å². The third-order valence-electron chi connectivity index (χ3n) is 5.56. The highest BCUT2D eigenvalue weighted by Gasteiger charge is 2.56. The zero-order chi connectivity index (χ0) is 18.5. The van der Waals surface area contributed by atoms with Crippen molar-refractivity contribution >= 4 is 17.6 Å². The molecule has 5 heteroatoms. The quantitative estimate of drug-likeness (QED) is 0.813. The molecule has 1 aromatic rings. The Balaban J connectivity index is 1.88. The van der Waals surface area contributed by atoms with E-state index in [0.717, 1.165) is 24.0 Å². The standard InChI is InChI=1S/C20H27NO4/c1-18(2,3)25-17(23)21-14-7-8-15-13(12-14)9-11-20(24)16(22)6-5-10-19(15,20)4/h7-8,12,24H,5-6,9-11H2,1-4H3,(H,21,23)/t19-,20+/m0/s1. The SMILES string of the molecule is CC(C)(C)OC(=O)Nc1ccc2c(c1)CC[C@@]1(O)C(=O)CCC[C@@]21C. The van der Waals surface area contributed by atoms with Gasteiger partial charge in [-0.05, 0) is 69.7 Å². The fourth-order valence-electron chi connectivity index (χ4n) is 4.25. The van der Waals surface area contributed by atoms with Gasteiger partial charge in [0.25, 0.3) is 0 Å². The van der Waals surface area contributed by atoms with E-state index in [1.807, 2.05) is 45.9 Å². The average molecular weight is 345 g/mol. The van der Waals surface area contributed by atoms with Crippen molar-refractivity contribution < 1.29 is 19.4 Å². The molecule has 1 fully saturated rings. The second kappa shape index (κ2) is 5.84. The lowest BCUT2D eigenvalue weighted by molar-refractivity contribution is -0.153. The molecule has 2 atom stereocenters. The van der Waals surface area contributed by atoms with Crippen LogP contribution in [0.4, 0.5) is 10.5 Å². The van der Waals surface area contributed by atoms with Crippen molar-refractivity contribution in [1.82, 2.24) is 0 Å². The number of ketones is 1. The molecule has 0 spiro atoms. The van der Waals surface area contributed by atoms with E-state index >= 15 is 0 Å². The lowest BCUT2D eigenvalue weighted by Crippen LogP contribution is -2.60. The maximum Gasteiger partial charge on any atom is 0.412 e. The molecule has 1 saturated carbocycles. The van der Waals surface area contributed by atoms with Crippen molar-refractivity contribution in [3.8, 4) is 0 Å². The summed E-state index contributed by atoms with van der Waals surface area (Å²) < 4.78 is 5.29. The molecule has 25 heavy (non-hydrogen) atoms. The summed E-state index contributed by atoms with van der Waals surface area (Å²) in [6.07, 6.45) is 2.62. The molecule has 1 amide bonds. The normalized spacial score (nSPS) is 28.8. The molecule has 0 heterocycles. The number of ether oxygens (including phenoxy) is 1. The van der Waals surface area contributed by atoms with Crippen LogP contribution in [-0.2, 0) is 21.4 Å². The van der Waals surface area contributed by atoms with E-state index in [2.05, 4.69) is 5.32 Å². The van der Waals surface area contributed by atoms with Crippen LogP contribution < -0.4 is 5.32 Å². The van der Waals surface area contributed by atoms with Gasteiger partial charge in [-0.25, -0.2) is 4.79 Å². The molecule has 2 aliphatic carbocycles. The zero-order valence-electron chi connectivity index (χ0n) is 15.4. The van der Waals surface area contributed by atoms with E-state index in [4.69, 9.17) is 4.74 Å².